The second-order valence-corrected chi connectivity index (χ2v) is 6.06. The molecule has 0 aliphatic carbocycles. The van der Waals surface area contributed by atoms with Gasteiger partial charge in [-0.15, -0.1) is 11.3 Å². The van der Waals surface area contributed by atoms with Gasteiger partial charge in [0, 0.05) is 20.9 Å². The van der Waals surface area contributed by atoms with E-state index in [2.05, 4.69) is 0 Å². The maximum atomic E-state index is 12.2. The molecule has 0 aliphatic heterocycles. The van der Waals surface area contributed by atoms with E-state index in [9.17, 15) is 9.59 Å². The van der Waals surface area contributed by atoms with Gasteiger partial charge in [0.2, 0.25) is 0 Å². The van der Waals surface area contributed by atoms with E-state index in [1.165, 1.54) is 18.1 Å². The highest BCUT2D eigenvalue weighted by molar-refractivity contribution is 7.12. The lowest BCUT2D eigenvalue weighted by Gasteiger charge is -2.07. The minimum atomic E-state index is -0.965. The molecule has 0 bridgehead atoms. The molecule has 1 aromatic carbocycles. The number of carboxylic acid groups (broad SMARTS) is 1. The number of carboxylic acids is 1. The average Bonchev–Trinajstić information content (AvgIpc) is 2.89. The minimum absolute atomic E-state index is 0.166. The first-order valence-electron chi connectivity index (χ1n) is 6.67. The molecule has 1 heterocycles. The Hall–Kier alpha value is -2.40. The van der Waals surface area contributed by atoms with Crippen LogP contribution in [0.25, 0.3) is 6.08 Å². The van der Waals surface area contributed by atoms with Gasteiger partial charge in [0.15, 0.2) is 5.78 Å². The van der Waals surface area contributed by atoms with Crippen LogP contribution in [0.3, 0.4) is 0 Å². The minimum Gasteiger partial charge on any atom is -0.496 e. The summed E-state index contributed by atoms with van der Waals surface area (Å²) in [6.45, 7) is 2.01. The van der Waals surface area contributed by atoms with Crippen LogP contribution in [0.2, 0.25) is 0 Å². The lowest BCUT2D eigenvalue weighted by atomic mass is 10.0. The Kier molecular flexibility index (Phi) is 5.12. The standard InChI is InChI=1S/C17H16O4S/c1-11-3-5-14(22-11)6-7-15(18)12-4-8-16(21-2)13(9-12)10-17(19)20/h3-9H,10H2,1-2H3,(H,19,20)/b7-6+. The largest absolute Gasteiger partial charge is 0.496 e. The third kappa shape index (κ3) is 4.05. The van der Waals surface area contributed by atoms with Gasteiger partial charge in [-0.1, -0.05) is 0 Å². The molecule has 0 spiro atoms. The second kappa shape index (κ2) is 7.04. The Balaban J connectivity index is 2.22. The third-order valence-electron chi connectivity index (χ3n) is 3.07. The molecule has 4 nitrogen and oxygen atoms in total. The number of rotatable bonds is 6. The van der Waals surface area contributed by atoms with Gasteiger partial charge in [-0.05, 0) is 49.4 Å². The van der Waals surface area contributed by atoms with E-state index in [4.69, 9.17) is 9.84 Å². The lowest BCUT2D eigenvalue weighted by Crippen LogP contribution is -2.04. The van der Waals surface area contributed by atoms with Crippen molar-refractivity contribution in [2.75, 3.05) is 7.11 Å². The van der Waals surface area contributed by atoms with E-state index < -0.39 is 5.97 Å². The summed E-state index contributed by atoms with van der Waals surface area (Å²) in [6, 6.07) is 8.77. The number of ether oxygens (including phenoxy) is 1. The van der Waals surface area contributed by atoms with Gasteiger partial charge < -0.3 is 9.84 Å². The molecular weight excluding hydrogens is 300 g/mol. The van der Waals surface area contributed by atoms with Gasteiger partial charge in [-0.3, -0.25) is 9.59 Å². The van der Waals surface area contributed by atoms with Gasteiger partial charge in [0.05, 0.1) is 13.5 Å². The molecule has 5 heteroatoms. The fourth-order valence-electron chi connectivity index (χ4n) is 2.03. The Morgan fingerprint density at radius 1 is 1.27 bits per heavy atom. The van der Waals surface area contributed by atoms with Gasteiger partial charge in [-0.25, -0.2) is 0 Å². The highest BCUT2D eigenvalue weighted by Gasteiger charge is 2.11. The molecule has 1 N–H and O–H groups in total. The van der Waals surface area contributed by atoms with Gasteiger partial charge in [-0.2, -0.15) is 0 Å². The topological polar surface area (TPSA) is 63.6 Å². The van der Waals surface area contributed by atoms with Crippen molar-refractivity contribution in [2.24, 2.45) is 0 Å². The molecule has 2 rings (SSSR count). The fraction of sp³-hybridized carbons (Fsp3) is 0.176. The summed E-state index contributed by atoms with van der Waals surface area (Å²) < 4.78 is 5.12. The van der Waals surface area contributed by atoms with Gasteiger partial charge in [0.1, 0.15) is 5.75 Å². The van der Waals surface area contributed by atoms with E-state index >= 15 is 0 Å². The Bertz CT molecular complexity index is 728. The predicted molar refractivity (Wildman–Crippen MR) is 86.8 cm³/mol. The van der Waals surface area contributed by atoms with E-state index in [0.717, 1.165) is 4.88 Å². The summed E-state index contributed by atoms with van der Waals surface area (Å²) in [5.41, 5.74) is 0.933. The van der Waals surface area contributed by atoms with Gasteiger partial charge >= 0.3 is 5.97 Å². The first-order chi connectivity index (χ1) is 10.5. The molecule has 114 valence electrons. The molecular formula is C17H16O4S. The zero-order valence-electron chi connectivity index (χ0n) is 12.3. The number of carbonyl (C=O) groups is 2. The van der Waals surface area contributed by atoms with Crippen molar-refractivity contribution in [3.05, 3.63) is 57.3 Å². The Morgan fingerprint density at radius 3 is 2.64 bits per heavy atom. The molecule has 1 aromatic heterocycles. The average molecular weight is 316 g/mol. The van der Waals surface area contributed by atoms with Gasteiger partial charge in [0.25, 0.3) is 0 Å². The van der Waals surface area contributed by atoms with Crippen molar-refractivity contribution in [1.82, 2.24) is 0 Å². The summed E-state index contributed by atoms with van der Waals surface area (Å²) in [6.07, 6.45) is 3.08. The number of aryl methyl sites for hydroxylation is 1. The highest BCUT2D eigenvalue weighted by atomic mass is 32.1. The van der Waals surface area contributed by atoms with E-state index in [0.29, 0.717) is 16.9 Å². The number of aliphatic carboxylic acids is 1. The lowest BCUT2D eigenvalue weighted by molar-refractivity contribution is -0.136. The first kappa shape index (κ1) is 16.0. The van der Waals surface area contributed by atoms with Crippen LogP contribution in [0.5, 0.6) is 5.75 Å². The number of hydrogen-bond donors (Lipinski definition) is 1. The third-order valence-corrected chi connectivity index (χ3v) is 4.03. The monoisotopic (exact) mass is 316 g/mol. The zero-order valence-corrected chi connectivity index (χ0v) is 13.1. The van der Waals surface area contributed by atoms with Crippen molar-refractivity contribution < 1.29 is 19.4 Å². The molecule has 22 heavy (non-hydrogen) atoms. The number of ketones is 1. The maximum absolute atomic E-state index is 12.2. The van der Waals surface area contributed by atoms with Crippen LogP contribution >= 0.6 is 11.3 Å². The number of benzene rings is 1. The van der Waals surface area contributed by atoms with Crippen molar-refractivity contribution in [1.29, 1.82) is 0 Å². The number of methoxy groups -OCH3 is 1. The normalized spacial score (nSPS) is 10.8. The van der Waals surface area contributed by atoms with Crippen LogP contribution in [-0.4, -0.2) is 24.0 Å². The molecule has 0 saturated carbocycles. The quantitative estimate of drug-likeness (QED) is 0.653. The predicted octanol–water partition coefficient (Wildman–Crippen LogP) is 3.59. The van der Waals surface area contributed by atoms with Crippen LogP contribution < -0.4 is 4.74 Å². The van der Waals surface area contributed by atoms with Crippen molar-refractivity contribution >= 4 is 29.2 Å². The summed E-state index contributed by atoms with van der Waals surface area (Å²) in [7, 11) is 1.47. The fourth-order valence-corrected chi connectivity index (χ4v) is 2.81. The Morgan fingerprint density at radius 2 is 2.05 bits per heavy atom. The van der Waals surface area contributed by atoms with Crippen LogP contribution in [-0.2, 0) is 11.2 Å². The summed E-state index contributed by atoms with van der Waals surface area (Å²) in [4.78, 5) is 25.3. The van der Waals surface area contributed by atoms with E-state index in [-0.39, 0.29) is 12.2 Å². The SMILES string of the molecule is COc1ccc(C(=O)/C=C/c2ccc(C)s2)cc1CC(=O)O. The molecule has 0 aliphatic rings. The van der Waals surface area contributed by atoms with Crippen LogP contribution in [0.1, 0.15) is 25.7 Å². The zero-order chi connectivity index (χ0) is 16.1. The second-order valence-electron chi connectivity index (χ2n) is 4.74. The first-order valence-corrected chi connectivity index (χ1v) is 7.49. The van der Waals surface area contributed by atoms with Crippen LogP contribution in [0.15, 0.2) is 36.4 Å². The number of carbonyl (C=O) groups excluding carboxylic acids is 1. The summed E-state index contributed by atoms with van der Waals surface area (Å²) in [5, 5.41) is 8.92. The molecule has 0 unspecified atom stereocenters. The van der Waals surface area contributed by atoms with Crippen molar-refractivity contribution in [3.63, 3.8) is 0 Å². The van der Waals surface area contributed by atoms with Crippen molar-refractivity contribution in [2.45, 2.75) is 13.3 Å². The number of hydrogen-bond acceptors (Lipinski definition) is 4. The Labute approximate surface area is 132 Å². The molecule has 0 amide bonds. The summed E-state index contributed by atoms with van der Waals surface area (Å²) in [5.74, 6) is -0.662. The van der Waals surface area contributed by atoms with Crippen molar-refractivity contribution in [3.8, 4) is 5.75 Å². The molecule has 2 aromatic rings. The molecule has 0 radical (unpaired) electrons. The maximum Gasteiger partial charge on any atom is 0.307 e. The molecule has 0 saturated heterocycles. The molecule has 0 atom stereocenters. The van der Waals surface area contributed by atoms with E-state index in [1.54, 1.807) is 35.6 Å². The summed E-state index contributed by atoms with van der Waals surface area (Å²) >= 11 is 1.61. The smallest absolute Gasteiger partial charge is 0.307 e. The molecule has 0 fully saturated rings. The number of thiophene rings is 1. The highest BCUT2D eigenvalue weighted by Crippen LogP contribution is 2.22. The van der Waals surface area contributed by atoms with Crippen LogP contribution in [0.4, 0.5) is 0 Å². The van der Waals surface area contributed by atoms with Crippen LogP contribution in [0, 0.1) is 6.92 Å². The van der Waals surface area contributed by atoms with E-state index in [1.807, 2.05) is 19.1 Å². The number of allylic oxidation sites excluding steroid dienone is 1.